The van der Waals surface area contributed by atoms with Crippen molar-refractivity contribution in [3.8, 4) is 5.75 Å². The van der Waals surface area contributed by atoms with Crippen LogP contribution in [0.4, 0.5) is 5.13 Å². The molecule has 6 nitrogen and oxygen atoms in total. The maximum absolute atomic E-state index is 12.4. The summed E-state index contributed by atoms with van der Waals surface area (Å²) in [6.45, 7) is 7.44. The van der Waals surface area contributed by atoms with Gasteiger partial charge >= 0.3 is 0 Å². The van der Waals surface area contributed by atoms with Gasteiger partial charge in [-0.25, -0.2) is 4.98 Å². The number of aryl methyl sites for hydroxylation is 2. The van der Waals surface area contributed by atoms with Gasteiger partial charge in [0.2, 0.25) is 5.91 Å². The number of amides is 2. The molecule has 25 heavy (non-hydrogen) atoms. The number of benzene rings is 1. The second-order valence-electron chi connectivity index (χ2n) is 5.93. The smallest absolute Gasteiger partial charge is 0.261 e. The Morgan fingerprint density at radius 3 is 2.48 bits per heavy atom. The molecule has 0 aliphatic carbocycles. The minimum absolute atomic E-state index is 0.0354. The summed E-state index contributed by atoms with van der Waals surface area (Å²) in [5.41, 5.74) is 0.897. The lowest BCUT2D eigenvalue weighted by Gasteiger charge is -2.26. The Labute approximate surface area is 151 Å². The van der Waals surface area contributed by atoms with E-state index in [1.807, 2.05) is 45.9 Å². The molecule has 1 heterocycles. The molecule has 0 aliphatic rings. The highest BCUT2D eigenvalue weighted by atomic mass is 32.1. The van der Waals surface area contributed by atoms with Gasteiger partial charge in [-0.3, -0.25) is 9.59 Å². The summed E-state index contributed by atoms with van der Waals surface area (Å²) >= 11 is 1.42. The van der Waals surface area contributed by atoms with Crippen LogP contribution in [0.2, 0.25) is 0 Å². The van der Waals surface area contributed by atoms with Gasteiger partial charge in [0.05, 0.1) is 5.69 Å². The van der Waals surface area contributed by atoms with Gasteiger partial charge in [-0.15, -0.1) is 11.3 Å². The van der Waals surface area contributed by atoms with Gasteiger partial charge in [-0.2, -0.15) is 0 Å². The molecule has 0 bridgehead atoms. The Balaban J connectivity index is 1.92. The number of hydrogen-bond donors (Lipinski definition) is 1. The molecular weight excluding hydrogens is 338 g/mol. The quantitative estimate of drug-likeness (QED) is 0.823. The molecule has 0 radical (unpaired) electrons. The van der Waals surface area contributed by atoms with Gasteiger partial charge < -0.3 is 15.0 Å². The van der Waals surface area contributed by atoms with Crippen molar-refractivity contribution in [2.45, 2.75) is 33.7 Å². The summed E-state index contributed by atoms with van der Waals surface area (Å²) in [5.74, 6) is 0.119. The van der Waals surface area contributed by atoms with Gasteiger partial charge in [-0.1, -0.05) is 18.2 Å². The Morgan fingerprint density at radius 2 is 1.92 bits per heavy atom. The Hall–Kier alpha value is -2.41. The number of para-hydroxylation sites is 1. The highest BCUT2D eigenvalue weighted by Gasteiger charge is 2.21. The van der Waals surface area contributed by atoms with Gasteiger partial charge in [0.1, 0.15) is 12.3 Å². The lowest BCUT2D eigenvalue weighted by molar-refractivity contribution is -0.138. The zero-order valence-electron chi connectivity index (χ0n) is 14.9. The van der Waals surface area contributed by atoms with Crippen molar-refractivity contribution < 1.29 is 14.3 Å². The number of nitrogens with one attached hydrogen (secondary N) is 1. The lowest BCUT2D eigenvalue weighted by atomic mass is 10.3. The van der Waals surface area contributed by atoms with E-state index in [-0.39, 0.29) is 31.0 Å². The van der Waals surface area contributed by atoms with E-state index in [0.29, 0.717) is 10.9 Å². The molecule has 1 N–H and O–H groups in total. The highest BCUT2D eigenvalue weighted by molar-refractivity contribution is 7.15. The molecule has 2 amide bonds. The molecule has 0 fully saturated rings. The summed E-state index contributed by atoms with van der Waals surface area (Å²) < 4.78 is 5.48. The van der Waals surface area contributed by atoms with Gasteiger partial charge in [0.15, 0.2) is 11.7 Å². The van der Waals surface area contributed by atoms with E-state index in [0.717, 1.165) is 10.6 Å². The molecular formula is C18H23N3O3S. The van der Waals surface area contributed by atoms with Gasteiger partial charge in [-0.05, 0) is 39.8 Å². The van der Waals surface area contributed by atoms with Crippen molar-refractivity contribution in [3.63, 3.8) is 0 Å². The van der Waals surface area contributed by atoms with Crippen LogP contribution >= 0.6 is 11.3 Å². The molecule has 1 aromatic heterocycles. The molecule has 0 aliphatic heterocycles. The molecule has 0 spiro atoms. The van der Waals surface area contributed by atoms with Crippen LogP contribution in [0, 0.1) is 13.8 Å². The summed E-state index contributed by atoms with van der Waals surface area (Å²) in [7, 11) is 0. The molecule has 134 valence electrons. The van der Waals surface area contributed by atoms with Crippen molar-refractivity contribution in [1.29, 1.82) is 0 Å². The molecule has 2 rings (SSSR count). The number of carbonyl (C=O) groups is 2. The Kier molecular flexibility index (Phi) is 6.52. The first kappa shape index (κ1) is 18.9. The SMILES string of the molecule is Cc1nc(NC(=O)CN(C(=O)COc2ccccc2)C(C)C)sc1C. The summed E-state index contributed by atoms with van der Waals surface area (Å²) in [5, 5.41) is 3.30. The van der Waals surface area contributed by atoms with Crippen molar-refractivity contribution in [2.75, 3.05) is 18.5 Å². The number of ether oxygens (including phenoxy) is 1. The van der Waals surface area contributed by atoms with E-state index < -0.39 is 0 Å². The minimum Gasteiger partial charge on any atom is -0.484 e. The normalized spacial score (nSPS) is 10.6. The maximum Gasteiger partial charge on any atom is 0.261 e. The van der Waals surface area contributed by atoms with Crippen molar-refractivity contribution in [3.05, 3.63) is 40.9 Å². The second kappa shape index (κ2) is 8.62. The minimum atomic E-state index is -0.268. The van der Waals surface area contributed by atoms with Crippen molar-refractivity contribution in [2.24, 2.45) is 0 Å². The number of thiazole rings is 1. The number of anilines is 1. The molecule has 7 heteroatoms. The third-order valence-corrected chi connectivity index (χ3v) is 4.63. The number of nitrogens with zero attached hydrogens (tertiary/aromatic N) is 2. The molecule has 2 aromatic rings. The third-order valence-electron chi connectivity index (χ3n) is 3.64. The Bertz CT molecular complexity index is 709. The van der Waals surface area contributed by atoms with Crippen LogP contribution in [-0.2, 0) is 9.59 Å². The van der Waals surface area contributed by atoms with Crippen LogP contribution in [0.15, 0.2) is 30.3 Å². The summed E-state index contributed by atoms with van der Waals surface area (Å²) in [4.78, 5) is 31.5. The van der Waals surface area contributed by atoms with E-state index in [1.165, 1.54) is 16.2 Å². The predicted molar refractivity (Wildman–Crippen MR) is 99.0 cm³/mol. The van der Waals surface area contributed by atoms with Crippen LogP contribution < -0.4 is 10.1 Å². The van der Waals surface area contributed by atoms with E-state index in [1.54, 1.807) is 12.1 Å². The monoisotopic (exact) mass is 361 g/mol. The first-order valence-electron chi connectivity index (χ1n) is 8.08. The van der Waals surface area contributed by atoms with E-state index in [9.17, 15) is 9.59 Å². The topological polar surface area (TPSA) is 71.5 Å². The number of hydrogen-bond acceptors (Lipinski definition) is 5. The highest BCUT2D eigenvalue weighted by Crippen LogP contribution is 2.21. The van der Waals surface area contributed by atoms with E-state index in [4.69, 9.17) is 4.74 Å². The zero-order valence-corrected chi connectivity index (χ0v) is 15.7. The van der Waals surface area contributed by atoms with Crippen LogP contribution in [0.25, 0.3) is 0 Å². The largest absolute Gasteiger partial charge is 0.484 e. The Morgan fingerprint density at radius 1 is 1.24 bits per heavy atom. The standard InChI is InChI=1S/C18H23N3O3S/c1-12(2)21(17(23)11-24-15-8-6-5-7-9-15)10-16(22)20-18-19-13(3)14(4)25-18/h5-9,12H,10-11H2,1-4H3,(H,19,20,22). The average molecular weight is 361 g/mol. The number of aromatic nitrogens is 1. The van der Waals surface area contributed by atoms with Crippen LogP contribution in [-0.4, -0.2) is 40.9 Å². The summed E-state index contributed by atoms with van der Waals surface area (Å²) in [6, 6.07) is 9.01. The van der Waals surface area contributed by atoms with Gasteiger partial charge in [0.25, 0.3) is 5.91 Å². The molecule has 0 atom stereocenters. The first-order valence-corrected chi connectivity index (χ1v) is 8.89. The van der Waals surface area contributed by atoms with Crippen molar-refractivity contribution in [1.82, 2.24) is 9.88 Å². The van der Waals surface area contributed by atoms with Crippen molar-refractivity contribution >= 4 is 28.3 Å². The van der Waals surface area contributed by atoms with Gasteiger partial charge in [0, 0.05) is 10.9 Å². The zero-order chi connectivity index (χ0) is 18.4. The fourth-order valence-corrected chi connectivity index (χ4v) is 2.97. The predicted octanol–water partition coefficient (Wildman–Crippen LogP) is 3.01. The van der Waals surface area contributed by atoms with Crippen LogP contribution in [0.5, 0.6) is 5.75 Å². The molecule has 0 saturated heterocycles. The summed E-state index contributed by atoms with van der Waals surface area (Å²) in [6.07, 6.45) is 0. The molecule has 0 unspecified atom stereocenters. The van der Waals surface area contributed by atoms with Crippen LogP contribution in [0.3, 0.4) is 0 Å². The number of carbonyl (C=O) groups excluding carboxylic acids is 2. The molecule has 0 saturated carbocycles. The lowest BCUT2D eigenvalue weighted by Crippen LogP contribution is -2.44. The molecule has 1 aromatic carbocycles. The second-order valence-corrected chi connectivity index (χ2v) is 7.13. The fraction of sp³-hybridized carbons (Fsp3) is 0.389. The van der Waals surface area contributed by atoms with E-state index in [2.05, 4.69) is 10.3 Å². The average Bonchev–Trinajstić information content (AvgIpc) is 2.88. The third kappa shape index (κ3) is 5.56. The fourth-order valence-electron chi connectivity index (χ4n) is 2.14. The van der Waals surface area contributed by atoms with Crippen LogP contribution in [0.1, 0.15) is 24.4 Å². The maximum atomic E-state index is 12.4. The number of rotatable bonds is 7. The van der Waals surface area contributed by atoms with E-state index >= 15 is 0 Å². The first-order chi connectivity index (χ1) is 11.9.